The van der Waals surface area contributed by atoms with Gasteiger partial charge in [-0.3, -0.25) is 4.79 Å². The molecule has 0 aliphatic carbocycles. The van der Waals surface area contributed by atoms with Crippen LogP contribution in [-0.2, 0) is 4.79 Å². The van der Waals surface area contributed by atoms with Gasteiger partial charge >= 0.3 is 0 Å². The summed E-state index contributed by atoms with van der Waals surface area (Å²) in [7, 11) is 4.00. The molecule has 2 rings (SSSR count). The van der Waals surface area contributed by atoms with E-state index in [0.717, 1.165) is 24.3 Å². The summed E-state index contributed by atoms with van der Waals surface area (Å²) in [6.45, 7) is 2.28. The van der Waals surface area contributed by atoms with E-state index < -0.39 is 0 Å². The molecule has 0 spiro atoms. The monoisotopic (exact) mass is 262 g/mol. The summed E-state index contributed by atoms with van der Waals surface area (Å²) in [6, 6.07) is 8.01. The van der Waals surface area contributed by atoms with Crippen LogP contribution in [0.4, 0.5) is 0 Å². The second kappa shape index (κ2) is 6.57. The number of hydrogen-bond acceptors (Lipinski definition) is 3. The molecular weight excluding hydrogens is 240 g/mol. The lowest BCUT2D eigenvalue weighted by molar-refractivity contribution is -0.121. The van der Waals surface area contributed by atoms with Crippen LogP contribution in [0.3, 0.4) is 0 Å². The number of likely N-dealkylation sites (N-methyl/N-ethyl adjacent to an activating group) is 1. The lowest BCUT2D eigenvalue weighted by Crippen LogP contribution is -2.32. The minimum Gasteiger partial charge on any atom is -0.493 e. The average Bonchev–Trinajstić information content (AvgIpc) is 2.39. The van der Waals surface area contributed by atoms with E-state index in [0.29, 0.717) is 19.6 Å². The lowest BCUT2D eigenvalue weighted by Gasteiger charge is -2.25. The van der Waals surface area contributed by atoms with Gasteiger partial charge in [0.05, 0.1) is 6.61 Å². The van der Waals surface area contributed by atoms with E-state index >= 15 is 0 Å². The van der Waals surface area contributed by atoms with Gasteiger partial charge in [0.15, 0.2) is 0 Å². The highest BCUT2D eigenvalue weighted by molar-refractivity contribution is 5.77. The maximum absolute atomic E-state index is 11.9. The van der Waals surface area contributed by atoms with E-state index in [9.17, 15) is 4.79 Å². The van der Waals surface area contributed by atoms with Crippen LogP contribution in [0.15, 0.2) is 24.3 Å². The number of fused-ring (bicyclic) bond motifs is 1. The van der Waals surface area contributed by atoms with E-state index in [-0.39, 0.29) is 11.8 Å². The van der Waals surface area contributed by atoms with Crippen molar-refractivity contribution >= 4 is 5.91 Å². The number of ether oxygens (including phenoxy) is 1. The summed E-state index contributed by atoms with van der Waals surface area (Å²) in [5, 5.41) is 2.97. The van der Waals surface area contributed by atoms with Crippen LogP contribution in [0.5, 0.6) is 5.75 Å². The molecule has 1 unspecified atom stereocenters. The zero-order valence-corrected chi connectivity index (χ0v) is 11.7. The number of carbonyl (C=O) groups excluding carboxylic acids is 1. The Bertz CT molecular complexity index is 432. The summed E-state index contributed by atoms with van der Waals surface area (Å²) in [5.41, 5.74) is 1.16. The molecule has 19 heavy (non-hydrogen) atoms. The Morgan fingerprint density at radius 3 is 3.00 bits per heavy atom. The number of hydrogen-bond donors (Lipinski definition) is 1. The third-order valence-corrected chi connectivity index (χ3v) is 3.40. The fourth-order valence-corrected chi connectivity index (χ4v) is 2.34. The van der Waals surface area contributed by atoms with Crippen LogP contribution in [0, 0.1) is 0 Å². The number of nitrogens with one attached hydrogen (secondary N) is 1. The van der Waals surface area contributed by atoms with Crippen molar-refractivity contribution in [1.29, 1.82) is 0 Å². The number of nitrogens with zero attached hydrogens (tertiary/aromatic N) is 1. The Labute approximate surface area is 114 Å². The lowest BCUT2D eigenvalue weighted by atomic mass is 9.90. The molecule has 1 heterocycles. The van der Waals surface area contributed by atoms with Crippen molar-refractivity contribution in [3.8, 4) is 5.75 Å². The first-order valence-corrected chi connectivity index (χ1v) is 6.80. The average molecular weight is 262 g/mol. The molecule has 0 fully saturated rings. The first kappa shape index (κ1) is 13.9. The Morgan fingerprint density at radius 2 is 2.21 bits per heavy atom. The minimum absolute atomic E-state index is 0.128. The molecule has 104 valence electrons. The SMILES string of the molecule is CN(C)CCNC(=O)CC1CCOc2ccccc21. The van der Waals surface area contributed by atoms with Gasteiger partial charge in [-0.05, 0) is 38.1 Å². The van der Waals surface area contributed by atoms with Crippen LogP contribution in [-0.4, -0.2) is 44.6 Å². The quantitative estimate of drug-likeness (QED) is 0.876. The zero-order chi connectivity index (χ0) is 13.7. The molecule has 0 aromatic heterocycles. The maximum atomic E-state index is 11.9. The van der Waals surface area contributed by atoms with Crippen molar-refractivity contribution in [1.82, 2.24) is 10.2 Å². The number of para-hydroxylation sites is 1. The standard InChI is InChI=1S/C15H22N2O2/c1-17(2)9-8-16-15(18)11-12-7-10-19-14-6-4-3-5-13(12)14/h3-6,12H,7-11H2,1-2H3,(H,16,18). The summed E-state index contributed by atoms with van der Waals surface area (Å²) < 4.78 is 5.61. The number of rotatable bonds is 5. The molecule has 0 saturated heterocycles. The number of amides is 1. The molecule has 0 saturated carbocycles. The molecule has 0 radical (unpaired) electrons. The van der Waals surface area contributed by atoms with E-state index in [1.807, 2.05) is 32.3 Å². The van der Waals surface area contributed by atoms with Gasteiger partial charge in [-0.15, -0.1) is 0 Å². The minimum atomic E-state index is 0.128. The van der Waals surface area contributed by atoms with Gasteiger partial charge in [0.1, 0.15) is 5.75 Å². The van der Waals surface area contributed by atoms with Gasteiger partial charge in [0.25, 0.3) is 0 Å². The third-order valence-electron chi connectivity index (χ3n) is 3.40. The second-order valence-electron chi connectivity index (χ2n) is 5.23. The summed E-state index contributed by atoms with van der Waals surface area (Å²) >= 11 is 0. The number of carbonyl (C=O) groups is 1. The molecule has 1 atom stereocenters. The third kappa shape index (κ3) is 3.96. The molecule has 4 heteroatoms. The zero-order valence-electron chi connectivity index (χ0n) is 11.7. The fourth-order valence-electron chi connectivity index (χ4n) is 2.34. The predicted molar refractivity (Wildman–Crippen MR) is 75.5 cm³/mol. The molecular formula is C15H22N2O2. The normalized spacial score (nSPS) is 17.7. The van der Waals surface area contributed by atoms with Crippen LogP contribution < -0.4 is 10.1 Å². The summed E-state index contributed by atoms with van der Waals surface area (Å²) in [5.74, 6) is 1.34. The Kier molecular flexibility index (Phi) is 4.80. The van der Waals surface area contributed by atoms with Gasteiger partial charge in [-0.1, -0.05) is 18.2 Å². The van der Waals surface area contributed by atoms with Crippen molar-refractivity contribution in [2.75, 3.05) is 33.8 Å². The topological polar surface area (TPSA) is 41.6 Å². The fraction of sp³-hybridized carbons (Fsp3) is 0.533. The van der Waals surface area contributed by atoms with Crippen molar-refractivity contribution in [2.24, 2.45) is 0 Å². The highest BCUT2D eigenvalue weighted by Crippen LogP contribution is 2.35. The van der Waals surface area contributed by atoms with Crippen LogP contribution >= 0.6 is 0 Å². The predicted octanol–water partition coefficient (Wildman–Crippen LogP) is 1.62. The van der Waals surface area contributed by atoms with E-state index in [1.54, 1.807) is 0 Å². The van der Waals surface area contributed by atoms with E-state index in [2.05, 4.69) is 16.3 Å². The maximum Gasteiger partial charge on any atom is 0.220 e. The highest BCUT2D eigenvalue weighted by atomic mass is 16.5. The Morgan fingerprint density at radius 1 is 1.42 bits per heavy atom. The first-order valence-electron chi connectivity index (χ1n) is 6.80. The van der Waals surface area contributed by atoms with Gasteiger partial charge in [0, 0.05) is 19.5 Å². The molecule has 4 nitrogen and oxygen atoms in total. The highest BCUT2D eigenvalue weighted by Gasteiger charge is 2.23. The molecule has 1 aromatic rings. The van der Waals surface area contributed by atoms with E-state index in [1.165, 1.54) is 0 Å². The van der Waals surface area contributed by atoms with Gasteiger partial charge in [0.2, 0.25) is 5.91 Å². The number of benzene rings is 1. The molecule has 1 N–H and O–H groups in total. The van der Waals surface area contributed by atoms with Crippen molar-refractivity contribution in [3.05, 3.63) is 29.8 Å². The van der Waals surface area contributed by atoms with Crippen LogP contribution in [0.2, 0.25) is 0 Å². The van der Waals surface area contributed by atoms with Crippen LogP contribution in [0.1, 0.15) is 24.3 Å². The summed E-state index contributed by atoms with van der Waals surface area (Å²) in [4.78, 5) is 14.0. The second-order valence-corrected chi connectivity index (χ2v) is 5.23. The van der Waals surface area contributed by atoms with E-state index in [4.69, 9.17) is 4.74 Å². The first-order chi connectivity index (χ1) is 9.16. The Balaban J connectivity index is 1.88. The van der Waals surface area contributed by atoms with Crippen molar-refractivity contribution < 1.29 is 9.53 Å². The Hall–Kier alpha value is -1.55. The van der Waals surface area contributed by atoms with Gasteiger partial charge in [-0.2, -0.15) is 0 Å². The molecule has 0 bridgehead atoms. The van der Waals surface area contributed by atoms with Gasteiger partial charge in [-0.25, -0.2) is 0 Å². The largest absolute Gasteiger partial charge is 0.493 e. The van der Waals surface area contributed by atoms with Crippen LogP contribution in [0.25, 0.3) is 0 Å². The van der Waals surface area contributed by atoms with Gasteiger partial charge < -0.3 is 15.0 Å². The van der Waals surface area contributed by atoms with Crippen molar-refractivity contribution in [3.63, 3.8) is 0 Å². The molecule has 1 amide bonds. The summed E-state index contributed by atoms with van der Waals surface area (Å²) in [6.07, 6.45) is 1.46. The smallest absolute Gasteiger partial charge is 0.220 e. The molecule has 1 aliphatic heterocycles. The molecule has 1 aliphatic rings. The van der Waals surface area contributed by atoms with Crippen molar-refractivity contribution in [2.45, 2.75) is 18.8 Å². The molecule has 1 aromatic carbocycles.